The molecule has 11 heteroatoms. The molecule has 0 radical (unpaired) electrons. The normalized spacial score (nSPS) is 12.9. The number of imidazole rings is 1. The average molecular weight is 524 g/mol. The quantitative estimate of drug-likeness (QED) is 0.253. The number of esters is 1. The van der Waals surface area contributed by atoms with Crippen LogP contribution in [0.4, 0.5) is 0 Å². The van der Waals surface area contributed by atoms with Crippen molar-refractivity contribution in [3.05, 3.63) is 70.8 Å². The maximum Gasteiger partial charge on any atom is 0.325 e. The van der Waals surface area contributed by atoms with E-state index >= 15 is 0 Å². The molecule has 0 amide bonds. The number of halogens is 1. The number of nitrogens with two attached hydrogens (primary N) is 1. The number of aliphatic hydroxyl groups excluding tert-OH is 1. The largest absolute Gasteiger partial charge is 0.458 e. The van der Waals surface area contributed by atoms with Gasteiger partial charge in [-0.15, -0.1) is 10.2 Å². The molecule has 0 bridgehead atoms. The van der Waals surface area contributed by atoms with Crippen molar-refractivity contribution in [3.8, 4) is 22.5 Å². The number of benzene rings is 2. The first-order valence-electron chi connectivity index (χ1n) is 12.1. The van der Waals surface area contributed by atoms with Crippen LogP contribution in [0, 0.1) is 0 Å². The highest BCUT2D eigenvalue weighted by Gasteiger charge is 2.23. The zero-order valence-corrected chi connectivity index (χ0v) is 21.5. The van der Waals surface area contributed by atoms with E-state index in [1.54, 1.807) is 0 Å². The third-order valence-corrected chi connectivity index (χ3v) is 6.42. The van der Waals surface area contributed by atoms with Crippen molar-refractivity contribution >= 4 is 17.6 Å². The van der Waals surface area contributed by atoms with E-state index < -0.39 is 18.1 Å². The second-order valence-electron chi connectivity index (χ2n) is 8.81. The number of tetrazole rings is 1. The number of aryl methyl sites for hydroxylation is 1. The Morgan fingerprint density at radius 1 is 1.19 bits per heavy atom. The average Bonchev–Trinajstić information content (AvgIpc) is 3.54. The Morgan fingerprint density at radius 3 is 2.57 bits per heavy atom. The monoisotopic (exact) mass is 523 g/mol. The summed E-state index contributed by atoms with van der Waals surface area (Å²) in [6.45, 7) is 3.96. The molecule has 0 fully saturated rings. The molecule has 0 saturated heterocycles. The Kier molecular flexibility index (Phi) is 8.65. The number of nitrogens with one attached hydrogen (secondary N) is 1. The Hall–Kier alpha value is -3.60. The molecule has 0 spiro atoms. The number of carbonyl (C=O) groups excluding carboxylic acids is 1. The maximum absolute atomic E-state index is 12.2. The summed E-state index contributed by atoms with van der Waals surface area (Å²) in [5, 5.41) is 24.3. The zero-order chi connectivity index (χ0) is 26.4. The van der Waals surface area contributed by atoms with Crippen LogP contribution < -0.4 is 5.73 Å². The van der Waals surface area contributed by atoms with Gasteiger partial charge in [0, 0.05) is 18.5 Å². The first-order chi connectivity index (χ1) is 17.9. The van der Waals surface area contributed by atoms with Gasteiger partial charge in [0.1, 0.15) is 18.5 Å². The van der Waals surface area contributed by atoms with Crippen LogP contribution in [-0.2, 0) is 29.1 Å². The molecule has 4 aromatic rings. The standard InChI is InChI=1S/C26H30ClN7O3/c1-3-4-9-22-29-24(27)21(15-37-26(36)23(28)16(2)35)34(22)14-17-10-12-18(13-11-17)19-7-5-6-8-20(19)25-30-32-33-31-25/h5-8,10-13,16,23,35H,3-4,9,14-15,28H2,1-2H3,(H,30,31,32,33)/t16-,23-/m0/s1. The Morgan fingerprint density at radius 2 is 1.92 bits per heavy atom. The zero-order valence-electron chi connectivity index (χ0n) is 20.8. The number of ether oxygens (including phenoxy) is 1. The van der Waals surface area contributed by atoms with Gasteiger partial charge in [-0.25, -0.2) is 4.98 Å². The lowest BCUT2D eigenvalue weighted by molar-refractivity contribution is -0.149. The van der Waals surface area contributed by atoms with Gasteiger partial charge in [-0.1, -0.05) is 73.5 Å². The number of hydrogen-bond acceptors (Lipinski definition) is 8. The van der Waals surface area contributed by atoms with Crippen LogP contribution in [0.15, 0.2) is 48.5 Å². The number of nitrogens with zero attached hydrogens (tertiary/aromatic N) is 5. The molecule has 0 aliphatic heterocycles. The molecule has 10 nitrogen and oxygen atoms in total. The number of hydrogen-bond donors (Lipinski definition) is 3. The summed E-state index contributed by atoms with van der Waals surface area (Å²) < 4.78 is 7.35. The van der Waals surface area contributed by atoms with E-state index in [-0.39, 0.29) is 11.8 Å². The van der Waals surface area contributed by atoms with E-state index in [2.05, 4.69) is 32.5 Å². The van der Waals surface area contributed by atoms with Gasteiger partial charge in [0.25, 0.3) is 0 Å². The molecule has 2 atom stereocenters. The third-order valence-electron chi connectivity index (χ3n) is 6.12. The van der Waals surface area contributed by atoms with Gasteiger partial charge in [0.2, 0.25) is 5.82 Å². The molecule has 2 heterocycles. The summed E-state index contributed by atoms with van der Waals surface area (Å²) in [5.41, 5.74) is 10.2. The van der Waals surface area contributed by atoms with Crippen molar-refractivity contribution in [2.45, 2.75) is 58.4 Å². The highest BCUT2D eigenvalue weighted by Crippen LogP contribution is 2.30. The highest BCUT2D eigenvalue weighted by molar-refractivity contribution is 6.30. The number of rotatable bonds is 11. The van der Waals surface area contributed by atoms with Crippen molar-refractivity contribution in [2.24, 2.45) is 5.73 Å². The highest BCUT2D eigenvalue weighted by atomic mass is 35.5. The summed E-state index contributed by atoms with van der Waals surface area (Å²) >= 11 is 6.47. The fourth-order valence-corrected chi connectivity index (χ4v) is 4.22. The molecule has 4 rings (SSSR count). The van der Waals surface area contributed by atoms with Gasteiger partial charge in [0.15, 0.2) is 5.15 Å². The SMILES string of the molecule is CCCCc1nc(Cl)c(COC(=O)[C@@H](N)[C@H](C)O)n1Cc1ccc(-c2ccccc2-c2nn[nH]n2)cc1. The van der Waals surface area contributed by atoms with Gasteiger partial charge < -0.3 is 20.1 Å². The molecule has 0 aliphatic carbocycles. The van der Waals surface area contributed by atoms with Crippen LogP contribution >= 0.6 is 11.6 Å². The van der Waals surface area contributed by atoms with Gasteiger partial charge >= 0.3 is 5.97 Å². The number of aliphatic hydroxyl groups is 1. The molecule has 0 aliphatic rings. The molecule has 0 saturated carbocycles. The molecule has 0 unspecified atom stereocenters. The number of H-pyrrole nitrogens is 1. The minimum atomic E-state index is -1.13. The van der Waals surface area contributed by atoms with E-state index in [0.717, 1.165) is 47.3 Å². The molecule has 2 aromatic carbocycles. The van der Waals surface area contributed by atoms with Crippen molar-refractivity contribution in [1.29, 1.82) is 0 Å². The molecule has 4 N–H and O–H groups in total. The van der Waals surface area contributed by atoms with Crippen LogP contribution in [0.2, 0.25) is 5.15 Å². The van der Waals surface area contributed by atoms with Crippen molar-refractivity contribution in [3.63, 3.8) is 0 Å². The minimum absolute atomic E-state index is 0.0899. The fourth-order valence-electron chi connectivity index (χ4n) is 3.97. The Bertz CT molecular complexity index is 1320. The summed E-state index contributed by atoms with van der Waals surface area (Å²) in [7, 11) is 0. The van der Waals surface area contributed by atoms with Crippen molar-refractivity contribution in [2.75, 3.05) is 0 Å². The van der Waals surface area contributed by atoms with Gasteiger partial charge in [-0.3, -0.25) is 4.79 Å². The van der Waals surface area contributed by atoms with E-state index in [4.69, 9.17) is 22.1 Å². The van der Waals surface area contributed by atoms with E-state index in [0.29, 0.717) is 18.1 Å². The minimum Gasteiger partial charge on any atom is -0.458 e. The number of unbranched alkanes of at least 4 members (excludes halogenated alkanes) is 1. The predicted molar refractivity (Wildman–Crippen MR) is 139 cm³/mol. The summed E-state index contributed by atoms with van der Waals surface area (Å²) in [4.78, 5) is 16.7. The molecule has 194 valence electrons. The third kappa shape index (κ3) is 6.22. The number of aromatic amines is 1. The lowest BCUT2D eigenvalue weighted by Gasteiger charge is -2.16. The van der Waals surface area contributed by atoms with Crippen LogP contribution in [-0.4, -0.2) is 53.4 Å². The first-order valence-corrected chi connectivity index (χ1v) is 12.5. The second kappa shape index (κ2) is 12.1. The summed E-state index contributed by atoms with van der Waals surface area (Å²) in [6, 6.07) is 14.9. The fraction of sp³-hybridized carbons (Fsp3) is 0.346. The van der Waals surface area contributed by atoms with Gasteiger partial charge in [-0.2, -0.15) is 5.21 Å². The second-order valence-corrected chi connectivity index (χ2v) is 9.17. The molecule has 2 aromatic heterocycles. The van der Waals surface area contributed by atoms with E-state index in [1.807, 2.05) is 53.1 Å². The first kappa shape index (κ1) is 26.5. The van der Waals surface area contributed by atoms with E-state index in [1.165, 1.54) is 6.92 Å². The van der Waals surface area contributed by atoms with Crippen LogP contribution in [0.1, 0.15) is 43.8 Å². The summed E-state index contributed by atoms with van der Waals surface area (Å²) in [6.07, 6.45) is 1.68. The lowest BCUT2D eigenvalue weighted by atomic mass is 9.98. The van der Waals surface area contributed by atoms with Crippen molar-refractivity contribution < 1.29 is 14.6 Å². The molecular weight excluding hydrogens is 494 g/mol. The predicted octanol–water partition coefficient (Wildman–Crippen LogP) is 3.53. The number of carbonyl (C=O) groups is 1. The Labute approximate surface area is 219 Å². The Balaban J connectivity index is 1.58. The maximum atomic E-state index is 12.2. The molecular formula is C26H30ClN7O3. The summed E-state index contributed by atoms with van der Waals surface area (Å²) in [5.74, 6) is 0.658. The molecule has 37 heavy (non-hydrogen) atoms. The van der Waals surface area contributed by atoms with Crippen LogP contribution in [0.5, 0.6) is 0 Å². The van der Waals surface area contributed by atoms with Crippen molar-refractivity contribution in [1.82, 2.24) is 30.2 Å². The van der Waals surface area contributed by atoms with Gasteiger partial charge in [-0.05, 0) is 35.2 Å². The van der Waals surface area contributed by atoms with E-state index in [9.17, 15) is 9.90 Å². The number of aromatic nitrogens is 6. The van der Waals surface area contributed by atoms with Crippen LogP contribution in [0.25, 0.3) is 22.5 Å². The lowest BCUT2D eigenvalue weighted by Crippen LogP contribution is -2.41. The van der Waals surface area contributed by atoms with Gasteiger partial charge in [0.05, 0.1) is 11.8 Å². The topological polar surface area (TPSA) is 145 Å². The van der Waals surface area contributed by atoms with Crippen LogP contribution in [0.3, 0.4) is 0 Å². The smallest absolute Gasteiger partial charge is 0.325 e.